The number of hydrogen-bond donors (Lipinski definition) is 0. The topological polar surface area (TPSA) is 159 Å². The van der Waals surface area contributed by atoms with Crippen molar-refractivity contribution < 1.29 is 61.9 Å². The van der Waals surface area contributed by atoms with Crippen LogP contribution >= 0.6 is 15.9 Å². The molecule has 0 bridgehead atoms. The van der Waals surface area contributed by atoms with Gasteiger partial charge in [0.1, 0.15) is 12.7 Å². The molecule has 214 valence electrons. The second-order valence-corrected chi connectivity index (χ2v) is 8.86. The Kier molecular flexibility index (Phi) is 11.7. The van der Waals surface area contributed by atoms with Gasteiger partial charge >= 0.3 is 23.9 Å². The van der Waals surface area contributed by atoms with Crippen molar-refractivity contribution in [2.45, 2.75) is 58.4 Å². The van der Waals surface area contributed by atoms with Gasteiger partial charge in [0.05, 0.1) is 14.2 Å². The van der Waals surface area contributed by atoms with Crippen LogP contribution in [0.4, 0.5) is 0 Å². The third-order valence-corrected chi connectivity index (χ3v) is 5.34. The predicted molar refractivity (Wildman–Crippen MR) is 135 cm³/mol. The lowest BCUT2D eigenvalue weighted by molar-refractivity contribution is -0.288. The van der Waals surface area contributed by atoms with Crippen LogP contribution in [0.5, 0.6) is 17.2 Å². The summed E-state index contributed by atoms with van der Waals surface area (Å²) in [4.78, 5) is 58.8. The minimum absolute atomic E-state index is 0.00298. The van der Waals surface area contributed by atoms with Crippen molar-refractivity contribution in [2.75, 3.05) is 20.8 Å². The molecule has 1 saturated heterocycles. The molecule has 13 nitrogen and oxygen atoms in total. The summed E-state index contributed by atoms with van der Waals surface area (Å²) >= 11 is 2.81. The summed E-state index contributed by atoms with van der Waals surface area (Å²) in [7, 11) is 2.72. The van der Waals surface area contributed by atoms with Crippen LogP contribution in [0.1, 0.15) is 33.3 Å². The molecule has 14 heteroatoms. The summed E-state index contributed by atoms with van der Waals surface area (Å²) in [5, 5.41) is 0. The lowest BCUT2D eigenvalue weighted by atomic mass is 9.98. The molecular weight excluding hydrogens is 588 g/mol. The van der Waals surface area contributed by atoms with Gasteiger partial charge in [-0.05, 0) is 39.7 Å². The van der Waals surface area contributed by atoms with E-state index >= 15 is 0 Å². The molecule has 0 N–H and O–H groups in total. The Morgan fingerprint density at radius 1 is 0.821 bits per heavy atom. The molecule has 0 aliphatic carbocycles. The van der Waals surface area contributed by atoms with Crippen molar-refractivity contribution in [3.05, 3.63) is 23.8 Å². The fraction of sp³-hybridized carbons (Fsp3) is 0.480. The highest BCUT2D eigenvalue weighted by molar-refractivity contribution is 9.18. The van der Waals surface area contributed by atoms with Crippen LogP contribution in [0.15, 0.2) is 18.2 Å². The van der Waals surface area contributed by atoms with E-state index in [-0.39, 0.29) is 21.9 Å². The van der Waals surface area contributed by atoms with Gasteiger partial charge in [-0.25, -0.2) is 0 Å². The molecule has 1 aromatic rings. The third-order valence-electron chi connectivity index (χ3n) is 5.07. The summed E-state index contributed by atoms with van der Waals surface area (Å²) in [6, 6.07) is 3.07. The highest BCUT2D eigenvalue weighted by Crippen LogP contribution is 2.41. The first-order chi connectivity index (χ1) is 18.4. The van der Waals surface area contributed by atoms with Gasteiger partial charge in [-0.1, -0.05) is 6.08 Å². The maximum absolute atomic E-state index is 12.0. The maximum atomic E-state index is 12.0. The minimum Gasteiger partial charge on any atom is -0.493 e. The molecule has 39 heavy (non-hydrogen) atoms. The van der Waals surface area contributed by atoms with Gasteiger partial charge in [-0.3, -0.25) is 24.0 Å². The van der Waals surface area contributed by atoms with E-state index < -0.39 is 61.2 Å². The zero-order chi connectivity index (χ0) is 29.3. The highest BCUT2D eigenvalue weighted by atomic mass is 79.9. The van der Waals surface area contributed by atoms with Gasteiger partial charge in [-0.15, -0.1) is 0 Å². The maximum Gasteiger partial charge on any atom is 0.303 e. The highest BCUT2D eigenvalue weighted by Gasteiger charge is 2.53. The Labute approximate surface area is 232 Å². The molecule has 0 saturated carbocycles. The number of benzene rings is 1. The van der Waals surface area contributed by atoms with E-state index in [4.69, 9.17) is 37.9 Å². The van der Waals surface area contributed by atoms with Gasteiger partial charge in [0.25, 0.3) is 0 Å². The van der Waals surface area contributed by atoms with E-state index in [9.17, 15) is 24.0 Å². The van der Waals surface area contributed by atoms with Gasteiger partial charge in [0.2, 0.25) is 22.8 Å². The summed E-state index contributed by atoms with van der Waals surface area (Å²) in [5.41, 5.74) is 0.519. The molecule has 0 aromatic heterocycles. The molecule has 0 spiro atoms. The van der Waals surface area contributed by atoms with Crippen LogP contribution in [0.3, 0.4) is 0 Å². The standard InChI is InChI=1S/C25H29BrO13/c1-12(27)34-11-19-22(35-13(2)28)23(36-14(3)29)24(37-15(4)30)25(38-19)39-21-17(32-5)9-16(7-8-20(26)31)10-18(21)33-6/h7-10,19,22-25H,11H2,1-6H3/b8-7+/t19-,22-,23+,24+,25-/m1/s1. The first-order valence-electron chi connectivity index (χ1n) is 11.5. The SMILES string of the molecule is COc1cc(/C=C/C(=O)Br)cc(OC)c1O[C@H]1O[C@H](COC(C)=O)[C@@H](OC(C)=O)[C@H](OC(C)=O)[C@@H]1OC(C)=O. The number of halogens is 1. The monoisotopic (exact) mass is 616 g/mol. The molecule has 1 aliphatic rings. The van der Waals surface area contributed by atoms with E-state index in [2.05, 4.69) is 15.9 Å². The predicted octanol–water partition coefficient (Wildman–Crippen LogP) is 2.10. The second kappa shape index (κ2) is 14.5. The summed E-state index contributed by atoms with van der Waals surface area (Å²) in [6.07, 6.45) is -4.15. The molecule has 0 unspecified atom stereocenters. The first-order valence-corrected chi connectivity index (χ1v) is 12.3. The molecule has 1 heterocycles. The number of carbonyl (C=O) groups excluding carboxylic acids is 5. The van der Waals surface area contributed by atoms with Crippen LogP contribution in [-0.4, -0.2) is 80.1 Å². The summed E-state index contributed by atoms with van der Waals surface area (Å²) in [5.74, 6) is -2.70. The van der Waals surface area contributed by atoms with Crippen LogP contribution in [0, 0.1) is 0 Å². The van der Waals surface area contributed by atoms with Crippen molar-refractivity contribution in [2.24, 2.45) is 0 Å². The zero-order valence-electron chi connectivity index (χ0n) is 22.1. The van der Waals surface area contributed by atoms with Crippen LogP contribution in [0.25, 0.3) is 6.08 Å². The number of carbonyl (C=O) groups is 5. The Bertz CT molecular complexity index is 1090. The van der Waals surface area contributed by atoms with E-state index in [1.807, 2.05) is 0 Å². The quantitative estimate of drug-likeness (QED) is 0.154. The number of methoxy groups -OCH3 is 2. The first kappa shape index (κ1) is 31.6. The Hall–Kier alpha value is -3.65. The van der Waals surface area contributed by atoms with Crippen LogP contribution < -0.4 is 14.2 Å². The largest absolute Gasteiger partial charge is 0.493 e. The van der Waals surface area contributed by atoms with Gasteiger partial charge in [0.15, 0.2) is 23.7 Å². The molecule has 1 aliphatic heterocycles. The molecule has 1 fully saturated rings. The number of allylic oxidation sites excluding steroid dienone is 1. The fourth-order valence-corrected chi connectivity index (χ4v) is 3.81. The average molecular weight is 617 g/mol. The average Bonchev–Trinajstić information content (AvgIpc) is 2.84. The van der Waals surface area contributed by atoms with Gasteiger partial charge < -0.3 is 37.9 Å². The Morgan fingerprint density at radius 2 is 1.33 bits per heavy atom. The second-order valence-electron chi connectivity index (χ2n) is 8.08. The number of ether oxygens (including phenoxy) is 8. The molecule has 2 rings (SSSR count). The minimum atomic E-state index is -1.50. The summed E-state index contributed by atoms with van der Waals surface area (Å²) in [6.45, 7) is 4.08. The van der Waals surface area contributed by atoms with E-state index in [1.165, 1.54) is 38.5 Å². The van der Waals surface area contributed by atoms with Gasteiger partial charge in [0, 0.05) is 27.7 Å². The van der Waals surface area contributed by atoms with Crippen LogP contribution in [-0.2, 0) is 47.7 Å². The molecule has 0 radical (unpaired) electrons. The Morgan fingerprint density at radius 3 is 1.79 bits per heavy atom. The van der Waals surface area contributed by atoms with E-state index in [0.29, 0.717) is 5.56 Å². The number of hydrogen-bond acceptors (Lipinski definition) is 13. The fourth-order valence-electron chi connectivity index (χ4n) is 3.67. The smallest absolute Gasteiger partial charge is 0.303 e. The summed E-state index contributed by atoms with van der Waals surface area (Å²) < 4.78 is 43.8. The molecule has 1 aromatic carbocycles. The molecule has 0 amide bonds. The zero-order valence-corrected chi connectivity index (χ0v) is 23.7. The molecule has 5 atom stereocenters. The Balaban J connectivity index is 2.62. The van der Waals surface area contributed by atoms with Crippen molar-refractivity contribution in [3.8, 4) is 17.2 Å². The van der Waals surface area contributed by atoms with Crippen molar-refractivity contribution in [1.82, 2.24) is 0 Å². The number of esters is 4. The van der Waals surface area contributed by atoms with Crippen molar-refractivity contribution in [3.63, 3.8) is 0 Å². The van der Waals surface area contributed by atoms with Crippen LogP contribution in [0.2, 0.25) is 0 Å². The lowest BCUT2D eigenvalue weighted by Gasteiger charge is -2.44. The van der Waals surface area contributed by atoms with Gasteiger partial charge in [-0.2, -0.15) is 0 Å². The normalized spacial score (nSPS) is 22.4. The van der Waals surface area contributed by atoms with E-state index in [1.54, 1.807) is 0 Å². The molecular formula is C25H29BrO13. The van der Waals surface area contributed by atoms with Crippen molar-refractivity contribution >= 4 is 50.6 Å². The lowest BCUT2D eigenvalue weighted by Crippen LogP contribution is -2.63. The van der Waals surface area contributed by atoms with Crippen molar-refractivity contribution in [1.29, 1.82) is 0 Å². The van der Waals surface area contributed by atoms with E-state index in [0.717, 1.165) is 27.7 Å². The number of rotatable bonds is 11. The third kappa shape index (κ3) is 9.25.